The molecule has 0 saturated carbocycles. The number of rotatable bonds is 1. The van der Waals surface area contributed by atoms with E-state index in [0.29, 0.717) is 5.92 Å². The van der Waals surface area contributed by atoms with Crippen molar-refractivity contribution in [2.75, 3.05) is 25.9 Å². The van der Waals surface area contributed by atoms with Crippen molar-refractivity contribution in [2.24, 2.45) is 0 Å². The summed E-state index contributed by atoms with van der Waals surface area (Å²) in [6.45, 7) is 2.37. The predicted molar refractivity (Wildman–Crippen MR) is 56.0 cm³/mol. The first-order chi connectivity index (χ1) is 6.25. The highest BCUT2D eigenvalue weighted by Gasteiger charge is 2.20. The summed E-state index contributed by atoms with van der Waals surface area (Å²) in [7, 11) is 2.17. The molecule has 0 radical (unpaired) electrons. The van der Waals surface area contributed by atoms with Gasteiger partial charge in [-0.25, -0.2) is 4.98 Å². The van der Waals surface area contributed by atoms with Crippen LogP contribution in [0.5, 0.6) is 0 Å². The molecule has 0 aliphatic carbocycles. The van der Waals surface area contributed by atoms with Crippen LogP contribution in [0.4, 0.5) is 5.00 Å². The van der Waals surface area contributed by atoms with Crippen LogP contribution >= 0.6 is 11.3 Å². The van der Waals surface area contributed by atoms with Gasteiger partial charge in [-0.2, -0.15) is 0 Å². The third kappa shape index (κ3) is 2.00. The fourth-order valence-corrected chi connectivity index (χ4v) is 2.60. The first-order valence-electron chi connectivity index (χ1n) is 4.65. The quantitative estimate of drug-likeness (QED) is 0.742. The van der Waals surface area contributed by atoms with E-state index in [1.165, 1.54) is 30.9 Å². The topological polar surface area (TPSA) is 42.2 Å². The normalized spacial score (nSPS) is 20.7. The lowest BCUT2D eigenvalue weighted by molar-refractivity contribution is 0.255. The van der Waals surface area contributed by atoms with Crippen LogP contribution in [0.15, 0.2) is 6.20 Å². The monoisotopic (exact) mass is 197 g/mol. The minimum atomic E-state index is 0.651. The summed E-state index contributed by atoms with van der Waals surface area (Å²) < 4.78 is 0. The molecule has 0 unspecified atom stereocenters. The SMILES string of the molecule is CN1CCC(c2ncc(N)s2)CC1. The zero-order valence-corrected chi connectivity index (χ0v) is 8.68. The number of hydrogen-bond acceptors (Lipinski definition) is 4. The molecule has 2 heterocycles. The Morgan fingerprint density at radius 1 is 1.54 bits per heavy atom. The number of anilines is 1. The van der Waals surface area contributed by atoms with Crippen molar-refractivity contribution in [3.05, 3.63) is 11.2 Å². The minimum Gasteiger partial charge on any atom is -0.389 e. The Labute approximate surface area is 82.6 Å². The van der Waals surface area contributed by atoms with Crippen LogP contribution < -0.4 is 5.73 Å². The molecular formula is C9H15N3S. The van der Waals surface area contributed by atoms with E-state index in [0.717, 1.165) is 5.00 Å². The number of nitrogen functional groups attached to an aromatic ring is 1. The van der Waals surface area contributed by atoms with Gasteiger partial charge in [0.15, 0.2) is 0 Å². The first-order valence-corrected chi connectivity index (χ1v) is 5.47. The van der Waals surface area contributed by atoms with E-state index in [9.17, 15) is 0 Å². The maximum absolute atomic E-state index is 5.66. The molecule has 3 nitrogen and oxygen atoms in total. The van der Waals surface area contributed by atoms with Gasteiger partial charge in [-0.3, -0.25) is 0 Å². The van der Waals surface area contributed by atoms with Gasteiger partial charge < -0.3 is 10.6 Å². The molecule has 0 aromatic carbocycles. The van der Waals surface area contributed by atoms with Crippen LogP contribution in [0.3, 0.4) is 0 Å². The standard InChI is InChI=1S/C9H15N3S/c1-12-4-2-7(3-5-12)9-11-6-8(10)13-9/h6-7H,2-5,10H2,1H3. The van der Waals surface area contributed by atoms with Gasteiger partial charge in [-0.1, -0.05) is 0 Å². The average Bonchev–Trinajstić information content (AvgIpc) is 2.53. The number of likely N-dealkylation sites (tertiary alicyclic amines) is 1. The lowest BCUT2D eigenvalue weighted by atomic mass is 9.98. The van der Waals surface area contributed by atoms with Crippen LogP contribution in [-0.4, -0.2) is 30.0 Å². The summed E-state index contributed by atoms with van der Waals surface area (Å²) in [5.74, 6) is 0.651. The van der Waals surface area contributed by atoms with Gasteiger partial charge in [0.05, 0.1) is 11.2 Å². The Morgan fingerprint density at radius 3 is 2.77 bits per heavy atom. The Balaban J connectivity index is 2.02. The highest BCUT2D eigenvalue weighted by atomic mass is 32.1. The number of thiazole rings is 1. The van der Waals surface area contributed by atoms with E-state index in [1.54, 1.807) is 17.5 Å². The third-order valence-corrected chi connectivity index (χ3v) is 3.60. The summed E-state index contributed by atoms with van der Waals surface area (Å²) in [4.78, 5) is 6.71. The van der Waals surface area contributed by atoms with Gasteiger partial charge in [0.25, 0.3) is 0 Å². The second kappa shape index (κ2) is 3.64. The van der Waals surface area contributed by atoms with Gasteiger partial charge in [0.1, 0.15) is 5.00 Å². The smallest absolute Gasteiger partial charge is 0.106 e. The van der Waals surface area contributed by atoms with E-state index in [2.05, 4.69) is 16.9 Å². The number of aromatic nitrogens is 1. The van der Waals surface area contributed by atoms with Crippen molar-refractivity contribution in [1.82, 2.24) is 9.88 Å². The molecule has 1 fully saturated rings. The summed E-state index contributed by atoms with van der Waals surface area (Å²) in [6, 6.07) is 0. The molecule has 1 aromatic heterocycles. The van der Waals surface area contributed by atoms with E-state index in [-0.39, 0.29) is 0 Å². The van der Waals surface area contributed by atoms with Gasteiger partial charge in [-0.15, -0.1) is 11.3 Å². The molecule has 4 heteroatoms. The van der Waals surface area contributed by atoms with Crippen molar-refractivity contribution in [3.8, 4) is 0 Å². The maximum atomic E-state index is 5.66. The van der Waals surface area contributed by atoms with Crippen LogP contribution in [0.2, 0.25) is 0 Å². The Hall–Kier alpha value is -0.610. The molecule has 0 amide bonds. The maximum Gasteiger partial charge on any atom is 0.106 e. The van der Waals surface area contributed by atoms with Gasteiger partial charge in [0, 0.05) is 5.92 Å². The van der Waals surface area contributed by atoms with Gasteiger partial charge in [0.2, 0.25) is 0 Å². The van der Waals surface area contributed by atoms with Crippen molar-refractivity contribution in [2.45, 2.75) is 18.8 Å². The number of hydrogen-bond donors (Lipinski definition) is 1. The number of piperidine rings is 1. The fraction of sp³-hybridized carbons (Fsp3) is 0.667. The highest BCUT2D eigenvalue weighted by Crippen LogP contribution is 2.31. The molecule has 0 bridgehead atoms. The number of nitrogens with two attached hydrogens (primary N) is 1. The molecule has 1 aromatic rings. The van der Waals surface area contributed by atoms with Crippen molar-refractivity contribution in [1.29, 1.82) is 0 Å². The number of nitrogens with zero attached hydrogens (tertiary/aromatic N) is 2. The zero-order valence-electron chi connectivity index (χ0n) is 7.86. The summed E-state index contributed by atoms with van der Waals surface area (Å²) >= 11 is 1.64. The molecule has 1 aliphatic heterocycles. The van der Waals surface area contributed by atoms with Crippen molar-refractivity contribution in [3.63, 3.8) is 0 Å². The Bertz CT molecular complexity index is 276. The summed E-state index contributed by atoms with van der Waals surface area (Å²) in [5.41, 5.74) is 5.66. The second-order valence-electron chi connectivity index (χ2n) is 3.68. The Morgan fingerprint density at radius 2 is 2.23 bits per heavy atom. The molecule has 2 rings (SSSR count). The molecular weight excluding hydrogens is 182 g/mol. The largest absolute Gasteiger partial charge is 0.389 e. The molecule has 2 N–H and O–H groups in total. The average molecular weight is 197 g/mol. The van der Waals surface area contributed by atoms with E-state index in [1.807, 2.05) is 0 Å². The zero-order chi connectivity index (χ0) is 9.26. The van der Waals surface area contributed by atoms with Crippen LogP contribution in [0.25, 0.3) is 0 Å². The van der Waals surface area contributed by atoms with E-state index >= 15 is 0 Å². The van der Waals surface area contributed by atoms with Crippen molar-refractivity contribution >= 4 is 16.3 Å². The molecule has 0 atom stereocenters. The summed E-state index contributed by atoms with van der Waals surface area (Å²) in [6.07, 6.45) is 4.23. The third-order valence-electron chi connectivity index (χ3n) is 2.61. The Kier molecular flexibility index (Phi) is 2.51. The second-order valence-corrected chi connectivity index (χ2v) is 4.77. The fourth-order valence-electron chi connectivity index (χ4n) is 1.74. The highest BCUT2D eigenvalue weighted by molar-refractivity contribution is 7.15. The molecule has 0 spiro atoms. The van der Waals surface area contributed by atoms with Crippen molar-refractivity contribution < 1.29 is 0 Å². The first kappa shape index (κ1) is 8.97. The van der Waals surface area contributed by atoms with E-state index < -0.39 is 0 Å². The van der Waals surface area contributed by atoms with E-state index in [4.69, 9.17) is 5.73 Å². The molecule has 13 heavy (non-hydrogen) atoms. The minimum absolute atomic E-state index is 0.651. The molecule has 1 aliphatic rings. The molecule has 1 saturated heterocycles. The van der Waals surface area contributed by atoms with Crippen LogP contribution in [0.1, 0.15) is 23.8 Å². The molecule has 72 valence electrons. The van der Waals surface area contributed by atoms with Gasteiger partial charge in [-0.05, 0) is 33.0 Å². The summed E-state index contributed by atoms with van der Waals surface area (Å²) in [5, 5.41) is 2.07. The lowest BCUT2D eigenvalue weighted by Gasteiger charge is -2.27. The van der Waals surface area contributed by atoms with Gasteiger partial charge >= 0.3 is 0 Å². The predicted octanol–water partition coefficient (Wildman–Crippen LogP) is 1.53. The van der Waals surface area contributed by atoms with Crippen LogP contribution in [-0.2, 0) is 0 Å². The lowest BCUT2D eigenvalue weighted by Crippen LogP contribution is -2.29. The van der Waals surface area contributed by atoms with Crippen LogP contribution in [0, 0.1) is 0 Å².